The molecule has 0 saturated heterocycles. The van der Waals surface area contributed by atoms with Gasteiger partial charge in [-0.05, 0) is 62.6 Å². The van der Waals surface area contributed by atoms with E-state index in [4.69, 9.17) is 4.99 Å². The highest BCUT2D eigenvalue weighted by Crippen LogP contribution is 2.28. The van der Waals surface area contributed by atoms with E-state index in [1.807, 2.05) is 28.7 Å². The number of halogens is 1. The first kappa shape index (κ1) is 22.1. The summed E-state index contributed by atoms with van der Waals surface area (Å²) in [7, 11) is 0. The van der Waals surface area contributed by atoms with Crippen LogP contribution < -0.4 is 10.6 Å². The maximum atomic E-state index is 4.77. The molecule has 1 aromatic carbocycles. The summed E-state index contributed by atoms with van der Waals surface area (Å²) < 4.78 is 1.87. The summed E-state index contributed by atoms with van der Waals surface area (Å²) in [6.45, 7) is 3.79. The van der Waals surface area contributed by atoms with Crippen LogP contribution in [0.2, 0.25) is 0 Å². The van der Waals surface area contributed by atoms with Gasteiger partial charge in [0.1, 0.15) is 0 Å². The summed E-state index contributed by atoms with van der Waals surface area (Å²) in [6.07, 6.45) is 10.7. The molecule has 1 fully saturated rings. The van der Waals surface area contributed by atoms with Crippen LogP contribution in [0.3, 0.4) is 0 Å². The lowest BCUT2D eigenvalue weighted by Gasteiger charge is -2.17. The summed E-state index contributed by atoms with van der Waals surface area (Å²) in [4.78, 5) is 4.77. The Hall–Kier alpha value is -1.22. The van der Waals surface area contributed by atoms with Crippen LogP contribution in [-0.4, -0.2) is 46.4 Å². The number of nitrogens with zero attached hydrogens (tertiary/aromatic N) is 3. The van der Waals surface area contributed by atoms with Crippen LogP contribution in [0.4, 0.5) is 0 Å². The molecule has 2 atom stereocenters. The minimum Gasteiger partial charge on any atom is -0.357 e. The highest BCUT2D eigenvalue weighted by atomic mass is 127. The molecule has 2 unspecified atom stereocenters. The molecule has 7 heteroatoms. The number of rotatable bonds is 7. The molecule has 0 aliphatic heterocycles. The van der Waals surface area contributed by atoms with Crippen molar-refractivity contribution in [1.82, 2.24) is 20.4 Å². The van der Waals surface area contributed by atoms with Crippen molar-refractivity contribution in [2.24, 2.45) is 4.99 Å². The average molecular weight is 499 g/mol. The van der Waals surface area contributed by atoms with E-state index >= 15 is 0 Å². The van der Waals surface area contributed by atoms with Crippen molar-refractivity contribution in [1.29, 1.82) is 0 Å². The van der Waals surface area contributed by atoms with E-state index in [1.165, 1.54) is 24.8 Å². The first-order chi connectivity index (χ1) is 12.8. The smallest absolute Gasteiger partial charge is 0.191 e. The van der Waals surface area contributed by atoms with E-state index in [0.29, 0.717) is 6.04 Å². The topological polar surface area (TPSA) is 54.2 Å². The second kappa shape index (κ2) is 11.6. The summed E-state index contributed by atoms with van der Waals surface area (Å²) in [5, 5.41) is 12.0. The summed E-state index contributed by atoms with van der Waals surface area (Å²) in [6, 6.07) is 11.0. The monoisotopic (exact) mass is 499 g/mol. The molecule has 1 heterocycles. The minimum atomic E-state index is 0. The van der Waals surface area contributed by atoms with Gasteiger partial charge in [-0.3, -0.25) is 4.99 Å². The van der Waals surface area contributed by atoms with Crippen LogP contribution in [0.15, 0.2) is 47.7 Å². The highest BCUT2D eigenvalue weighted by molar-refractivity contribution is 14.0. The van der Waals surface area contributed by atoms with Crippen LogP contribution >= 0.6 is 35.7 Å². The van der Waals surface area contributed by atoms with Crippen molar-refractivity contribution in [2.75, 3.05) is 19.3 Å². The second-order valence-corrected chi connectivity index (χ2v) is 7.78. The molecule has 27 heavy (non-hydrogen) atoms. The Morgan fingerprint density at radius 3 is 2.74 bits per heavy atom. The van der Waals surface area contributed by atoms with E-state index in [1.54, 1.807) is 6.20 Å². The second-order valence-electron chi connectivity index (χ2n) is 6.64. The van der Waals surface area contributed by atoms with Gasteiger partial charge in [-0.1, -0.05) is 12.1 Å². The van der Waals surface area contributed by atoms with Gasteiger partial charge in [-0.25, -0.2) is 4.68 Å². The summed E-state index contributed by atoms with van der Waals surface area (Å²) in [5.74, 6) is 0.951. The van der Waals surface area contributed by atoms with Crippen molar-refractivity contribution < 1.29 is 0 Å². The number of aliphatic imine (C=N–C) groups is 1. The number of hydrogen-bond acceptors (Lipinski definition) is 3. The quantitative estimate of drug-likeness (QED) is 0.345. The van der Waals surface area contributed by atoms with E-state index in [0.717, 1.165) is 36.4 Å². The normalized spacial score (nSPS) is 19.6. The lowest BCUT2D eigenvalue weighted by atomic mass is 10.1. The van der Waals surface area contributed by atoms with Crippen LogP contribution in [-0.2, 0) is 6.42 Å². The van der Waals surface area contributed by atoms with Crippen LogP contribution in [0.5, 0.6) is 0 Å². The van der Waals surface area contributed by atoms with E-state index in [-0.39, 0.29) is 24.0 Å². The molecular formula is C20H30IN5S. The van der Waals surface area contributed by atoms with Crippen molar-refractivity contribution in [2.45, 2.75) is 43.9 Å². The largest absolute Gasteiger partial charge is 0.357 e. The van der Waals surface area contributed by atoms with Gasteiger partial charge in [0, 0.05) is 36.8 Å². The van der Waals surface area contributed by atoms with E-state index in [9.17, 15) is 0 Å². The molecule has 148 valence electrons. The highest BCUT2D eigenvalue weighted by Gasteiger charge is 2.24. The van der Waals surface area contributed by atoms with E-state index < -0.39 is 0 Å². The lowest BCUT2D eigenvalue weighted by Crippen LogP contribution is -2.42. The minimum absolute atomic E-state index is 0. The van der Waals surface area contributed by atoms with Crippen molar-refractivity contribution >= 4 is 41.7 Å². The molecule has 1 aromatic heterocycles. The molecule has 2 aromatic rings. The predicted molar refractivity (Wildman–Crippen MR) is 127 cm³/mol. The fraction of sp³-hybridized carbons (Fsp3) is 0.500. The van der Waals surface area contributed by atoms with Crippen LogP contribution in [0.1, 0.15) is 31.7 Å². The van der Waals surface area contributed by atoms with Crippen molar-refractivity contribution in [3.8, 4) is 5.69 Å². The third kappa shape index (κ3) is 6.71. The maximum absolute atomic E-state index is 4.77. The molecule has 1 saturated carbocycles. The third-order valence-corrected chi connectivity index (χ3v) is 5.87. The van der Waals surface area contributed by atoms with E-state index in [2.05, 4.69) is 53.2 Å². The zero-order valence-corrected chi connectivity index (χ0v) is 19.2. The molecule has 2 N–H and O–H groups in total. The number of hydrogen-bond donors (Lipinski definition) is 2. The summed E-state index contributed by atoms with van der Waals surface area (Å²) >= 11 is 1.99. The standard InChI is InChI=1S/C20H29N5S.HI/c1-3-21-20(24-17-7-10-19(15-17)26-2)22-13-11-16-5-8-18(9-6-16)25-14-4-12-23-25;/h4-6,8-9,12,14,17,19H,3,7,10-11,13,15H2,1-2H3,(H2,21,22,24);1H. The molecule has 5 nitrogen and oxygen atoms in total. The predicted octanol–water partition coefficient (Wildman–Crippen LogP) is 3.87. The van der Waals surface area contributed by atoms with Crippen LogP contribution in [0.25, 0.3) is 5.69 Å². The van der Waals surface area contributed by atoms with Gasteiger partial charge in [0.15, 0.2) is 5.96 Å². The zero-order chi connectivity index (χ0) is 18.2. The average Bonchev–Trinajstić information content (AvgIpc) is 3.34. The van der Waals surface area contributed by atoms with Gasteiger partial charge in [0.05, 0.1) is 5.69 Å². The molecule has 1 aliphatic carbocycles. The van der Waals surface area contributed by atoms with Gasteiger partial charge in [-0.2, -0.15) is 16.9 Å². The molecule has 0 bridgehead atoms. The molecule has 0 radical (unpaired) electrons. The van der Waals surface area contributed by atoms with Gasteiger partial charge >= 0.3 is 0 Å². The van der Waals surface area contributed by atoms with Crippen molar-refractivity contribution in [3.05, 3.63) is 48.3 Å². The first-order valence-corrected chi connectivity index (χ1v) is 10.7. The summed E-state index contributed by atoms with van der Waals surface area (Å²) in [5.41, 5.74) is 2.38. The Bertz CT molecular complexity index is 687. The molecule has 3 rings (SSSR count). The SMILES string of the molecule is CCNC(=NCCc1ccc(-n2cccn2)cc1)NC1CCC(SC)C1.I. The van der Waals surface area contributed by atoms with Crippen LogP contribution in [0, 0.1) is 0 Å². The first-order valence-electron chi connectivity index (χ1n) is 9.45. The molecular weight excluding hydrogens is 469 g/mol. The molecule has 1 aliphatic rings. The third-order valence-electron chi connectivity index (χ3n) is 4.78. The Morgan fingerprint density at radius 2 is 2.11 bits per heavy atom. The van der Waals surface area contributed by atoms with Crippen molar-refractivity contribution in [3.63, 3.8) is 0 Å². The number of guanidine groups is 1. The Labute approximate surface area is 183 Å². The Kier molecular flexibility index (Phi) is 9.47. The number of aromatic nitrogens is 2. The Balaban J connectivity index is 0.00000261. The number of benzene rings is 1. The molecule has 0 amide bonds. The number of nitrogens with one attached hydrogen (secondary N) is 2. The fourth-order valence-corrected chi connectivity index (χ4v) is 4.13. The van der Waals surface area contributed by atoms with Gasteiger partial charge in [-0.15, -0.1) is 24.0 Å². The van der Waals surface area contributed by atoms with Gasteiger partial charge < -0.3 is 10.6 Å². The lowest BCUT2D eigenvalue weighted by molar-refractivity contribution is 0.615. The van der Waals surface area contributed by atoms with Gasteiger partial charge in [0.2, 0.25) is 0 Å². The fourth-order valence-electron chi connectivity index (χ4n) is 3.33. The maximum Gasteiger partial charge on any atom is 0.191 e. The Morgan fingerprint density at radius 1 is 1.30 bits per heavy atom. The zero-order valence-electron chi connectivity index (χ0n) is 16.1. The molecule has 0 spiro atoms. The number of thioether (sulfide) groups is 1. The van der Waals surface area contributed by atoms with Gasteiger partial charge in [0.25, 0.3) is 0 Å².